The second kappa shape index (κ2) is 8.01. The minimum Gasteiger partial charge on any atom is -0.484 e. The maximum atomic E-state index is 12.1. The lowest BCUT2D eigenvalue weighted by Crippen LogP contribution is -2.38. The molecule has 0 radical (unpaired) electrons. The molecule has 132 valence electrons. The number of carbonyl (C=O) groups excluding carboxylic acids is 2. The highest BCUT2D eigenvalue weighted by Crippen LogP contribution is 2.31. The van der Waals surface area contributed by atoms with Gasteiger partial charge in [-0.2, -0.15) is 0 Å². The number of piperidine rings is 1. The first-order valence-corrected chi connectivity index (χ1v) is 9.49. The molecule has 0 N–H and O–H groups in total. The van der Waals surface area contributed by atoms with Gasteiger partial charge in [0.1, 0.15) is 10.1 Å². The van der Waals surface area contributed by atoms with Crippen molar-refractivity contribution in [1.82, 2.24) is 9.80 Å². The van der Waals surface area contributed by atoms with Crippen molar-refractivity contribution in [2.24, 2.45) is 0 Å². The molecule has 2 heterocycles. The number of likely N-dealkylation sites (tertiary alicyclic amines) is 1. The summed E-state index contributed by atoms with van der Waals surface area (Å²) in [4.78, 5) is 28.0. The molecular formula is C18H20N2O3S2. The summed E-state index contributed by atoms with van der Waals surface area (Å²) in [5.41, 5.74) is 0.892. The Morgan fingerprint density at radius 1 is 1.24 bits per heavy atom. The number of likely N-dealkylation sites (N-methyl/N-ethyl adjacent to an activating group) is 1. The second-order valence-electron chi connectivity index (χ2n) is 6.04. The first kappa shape index (κ1) is 17.9. The fourth-order valence-electron chi connectivity index (χ4n) is 2.74. The predicted octanol–water partition coefficient (Wildman–Crippen LogP) is 2.91. The van der Waals surface area contributed by atoms with E-state index in [2.05, 4.69) is 0 Å². The van der Waals surface area contributed by atoms with E-state index in [1.807, 2.05) is 35.2 Å². The minimum atomic E-state index is -0.0811. The van der Waals surface area contributed by atoms with Crippen LogP contribution in [0.25, 0.3) is 6.08 Å². The summed E-state index contributed by atoms with van der Waals surface area (Å²) in [6.45, 7) is 1.72. The molecule has 3 rings (SSSR count). The van der Waals surface area contributed by atoms with Gasteiger partial charge in [0.2, 0.25) is 0 Å². The van der Waals surface area contributed by atoms with Gasteiger partial charge < -0.3 is 9.64 Å². The predicted molar refractivity (Wildman–Crippen MR) is 103 cm³/mol. The van der Waals surface area contributed by atoms with E-state index in [4.69, 9.17) is 17.0 Å². The summed E-state index contributed by atoms with van der Waals surface area (Å²) in [6.07, 6.45) is 5.16. The number of rotatable bonds is 4. The van der Waals surface area contributed by atoms with Crippen LogP contribution in [0.2, 0.25) is 0 Å². The van der Waals surface area contributed by atoms with Gasteiger partial charge in [-0.05, 0) is 43.0 Å². The standard InChI is InChI=1S/C18H20N2O3S2/c1-19-17(22)15(25-18(19)24)11-13-5-7-14(8-6-13)23-12-16(21)20-9-3-2-4-10-20/h5-8,11H,2-4,9-10,12H2,1H3/b15-11-. The van der Waals surface area contributed by atoms with Gasteiger partial charge in [0, 0.05) is 20.1 Å². The zero-order chi connectivity index (χ0) is 17.8. The molecule has 0 spiro atoms. The van der Waals surface area contributed by atoms with Crippen molar-refractivity contribution >= 4 is 46.2 Å². The molecule has 25 heavy (non-hydrogen) atoms. The molecule has 0 unspecified atom stereocenters. The van der Waals surface area contributed by atoms with Crippen LogP contribution in [-0.2, 0) is 9.59 Å². The first-order valence-electron chi connectivity index (χ1n) is 8.27. The van der Waals surface area contributed by atoms with E-state index in [0.29, 0.717) is 15.0 Å². The number of hydrogen-bond acceptors (Lipinski definition) is 5. The Labute approximate surface area is 157 Å². The van der Waals surface area contributed by atoms with Crippen molar-refractivity contribution in [3.8, 4) is 5.75 Å². The van der Waals surface area contributed by atoms with E-state index in [9.17, 15) is 9.59 Å². The molecule has 1 aromatic carbocycles. The topological polar surface area (TPSA) is 49.9 Å². The van der Waals surface area contributed by atoms with Crippen LogP contribution in [0.1, 0.15) is 24.8 Å². The van der Waals surface area contributed by atoms with E-state index in [0.717, 1.165) is 31.5 Å². The summed E-state index contributed by atoms with van der Waals surface area (Å²) in [7, 11) is 1.68. The van der Waals surface area contributed by atoms with Crippen molar-refractivity contribution in [1.29, 1.82) is 0 Å². The lowest BCUT2D eigenvalue weighted by atomic mass is 10.1. The Balaban J connectivity index is 1.56. The molecule has 2 aliphatic rings. The van der Waals surface area contributed by atoms with Crippen LogP contribution in [0.3, 0.4) is 0 Å². The van der Waals surface area contributed by atoms with E-state index in [1.54, 1.807) is 7.05 Å². The molecule has 2 saturated heterocycles. The molecule has 5 nitrogen and oxygen atoms in total. The lowest BCUT2D eigenvalue weighted by Gasteiger charge is -2.26. The molecule has 0 aliphatic carbocycles. The highest BCUT2D eigenvalue weighted by atomic mass is 32.2. The molecular weight excluding hydrogens is 356 g/mol. The van der Waals surface area contributed by atoms with Crippen LogP contribution < -0.4 is 4.74 Å². The Hall–Kier alpha value is -1.86. The summed E-state index contributed by atoms with van der Waals surface area (Å²) in [6, 6.07) is 7.34. The van der Waals surface area contributed by atoms with E-state index in [-0.39, 0.29) is 18.4 Å². The number of hydrogen-bond donors (Lipinski definition) is 0. The molecule has 7 heteroatoms. The Bertz CT molecular complexity index is 710. The van der Waals surface area contributed by atoms with Crippen molar-refractivity contribution in [2.75, 3.05) is 26.7 Å². The Morgan fingerprint density at radius 3 is 2.52 bits per heavy atom. The molecule has 2 aliphatic heterocycles. The number of thioether (sulfide) groups is 1. The smallest absolute Gasteiger partial charge is 0.265 e. The number of thiocarbonyl (C=S) groups is 1. The van der Waals surface area contributed by atoms with Crippen LogP contribution in [0.15, 0.2) is 29.2 Å². The number of nitrogens with zero attached hydrogens (tertiary/aromatic N) is 2. The number of benzene rings is 1. The summed E-state index contributed by atoms with van der Waals surface area (Å²) >= 11 is 6.42. The third-order valence-electron chi connectivity index (χ3n) is 4.24. The summed E-state index contributed by atoms with van der Waals surface area (Å²) in [5.74, 6) is 0.600. The van der Waals surface area contributed by atoms with Crippen LogP contribution in [0.5, 0.6) is 5.75 Å². The van der Waals surface area contributed by atoms with Gasteiger partial charge in [0.05, 0.1) is 4.91 Å². The molecule has 2 fully saturated rings. The molecule has 2 amide bonds. The highest BCUT2D eigenvalue weighted by molar-refractivity contribution is 8.26. The third kappa shape index (κ3) is 4.41. The number of carbonyl (C=O) groups is 2. The number of ether oxygens (including phenoxy) is 1. The number of amides is 2. The van der Waals surface area contributed by atoms with Gasteiger partial charge in [0.15, 0.2) is 6.61 Å². The first-order chi connectivity index (χ1) is 12.0. The second-order valence-corrected chi connectivity index (χ2v) is 7.72. The highest BCUT2D eigenvalue weighted by Gasteiger charge is 2.28. The van der Waals surface area contributed by atoms with E-state index in [1.165, 1.54) is 23.1 Å². The van der Waals surface area contributed by atoms with Crippen molar-refractivity contribution in [3.63, 3.8) is 0 Å². The quantitative estimate of drug-likeness (QED) is 0.597. The maximum Gasteiger partial charge on any atom is 0.265 e. The van der Waals surface area contributed by atoms with Gasteiger partial charge in [-0.3, -0.25) is 14.5 Å². The fourth-order valence-corrected chi connectivity index (χ4v) is 3.92. The van der Waals surface area contributed by atoms with Crippen LogP contribution >= 0.6 is 24.0 Å². The minimum absolute atomic E-state index is 0.0374. The van der Waals surface area contributed by atoms with Gasteiger partial charge in [-0.15, -0.1) is 0 Å². The monoisotopic (exact) mass is 376 g/mol. The zero-order valence-electron chi connectivity index (χ0n) is 14.1. The molecule has 0 saturated carbocycles. The molecule has 0 bridgehead atoms. The molecule has 0 atom stereocenters. The largest absolute Gasteiger partial charge is 0.484 e. The zero-order valence-corrected chi connectivity index (χ0v) is 15.7. The molecule has 1 aromatic rings. The van der Waals surface area contributed by atoms with Gasteiger partial charge in [-0.1, -0.05) is 36.1 Å². The van der Waals surface area contributed by atoms with Crippen molar-refractivity contribution in [3.05, 3.63) is 34.7 Å². The maximum absolute atomic E-state index is 12.1. The Morgan fingerprint density at radius 2 is 1.92 bits per heavy atom. The van der Waals surface area contributed by atoms with Gasteiger partial charge in [-0.25, -0.2) is 0 Å². The summed E-state index contributed by atoms with van der Waals surface area (Å²) < 4.78 is 6.15. The molecule has 0 aromatic heterocycles. The average Bonchev–Trinajstić information content (AvgIpc) is 2.88. The van der Waals surface area contributed by atoms with Gasteiger partial charge in [0.25, 0.3) is 11.8 Å². The van der Waals surface area contributed by atoms with Crippen LogP contribution in [0.4, 0.5) is 0 Å². The summed E-state index contributed by atoms with van der Waals surface area (Å²) in [5, 5.41) is 0. The average molecular weight is 377 g/mol. The van der Waals surface area contributed by atoms with Crippen molar-refractivity contribution < 1.29 is 14.3 Å². The Kier molecular flexibility index (Phi) is 5.75. The normalized spacial score (nSPS) is 19.6. The van der Waals surface area contributed by atoms with Gasteiger partial charge >= 0.3 is 0 Å². The fraction of sp³-hybridized carbons (Fsp3) is 0.389. The third-order valence-corrected chi connectivity index (χ3v) is 5.72. The lowest BCUT2D eigenvalue weighted by molar-refractivity contribution is -0.134. The van der Waals surface area contributed by atoms with E-state index < -0.39 is 0 Å². The SMILES string of the molecule is CN1C(=O)/C(=C/c2ccc(OCC(=O)N3CCCCC3)cc2)SC1=S. The van der Waals surface area contributed by atoms with E-state index >= 15 is 0 Å². The van der Waals surface area contributed by atoms with Crippen LogP contribution in [0, 0.1) is 0 Å². The van der Waals surface area contributed by atoms with Crippen molar-refractivity contribution in [2.45, 2.75) is 19.3 Å². The van der Waals surface area contributed by atoms with Crippen LogP contribution in [-0.4, -0.2) is 52.7 Å².